The number of ether oxygens (including phenoxy) is 4. The minimum absolute atomic E-state index is 0.0231. The Morgan fingerprint density at radius 3 is 2.12 bits per heavy atom. The zero-order valence-electron chi connectivity index (χ0n) is 14.8. The number of carbonyl (C=O) groups excluding carboxylic acids is 4. The van der Waals surface area contributed by atoms with Crippen molar-refractivity contribution in [3.05, 3.63) is 12.7 Å². The zero-order valence-corrected chi connectivity index (χ0v) is 14.8. The van der Waals surface area contributed by atoms with Crippen molar-refractivity contribution in [2.45, 2.75) is 26.7 Å². The van der Waals surface area contributed by atoms with Gasteiger partial charge in [0, 0.05) is 11.5 Å². The maximum atomic E-state index is 11.6. The van der Waals surface area contributed by atoms with Gasteiger partial charge in [0.05, 0.1) is 39.7 Å². The summed E-state index contributed by atoms with van der Waals surface area (Å²) in [6.45, 7) is 7.01. The number of amides is 1. The van der Waals surface area contributed by atoms with Gasteiger partial charge in [-0.05, 0) is 0 Å². The van der Waals surface area contributed by atoms with Crippen molar-refractivity contribution < 1.29 is 38.1 Å². The van der Waals surface area contributed by atoms with E-state index >= 15 is 0 Å². The predicted octanol–water partition coefficient (Wildman–Crippen LogP) is 0.964. The third-order valence-electron chi connectivity index (χ3n) is 2.75. The van der Waals surface area contributed by atoms with E-state index in [9.17, 15) is 19.2 Å². The van der Waals surface area contributed by atoms with Crippen molar-refractivity contribution in [1.29, 1.82) is 0 Å². The van der Waals surface area contributed by atoms with Gasteiger partial charge in [0.15, 0.2) is 0 Å². The van der Waals surface area contributed by atoms with Crippen molar-refractivity contribution in [3.63, 3.8) is 0 Å². The van der Waals surface area contributed by atoms with E-state index in [2.05, 4.69) is 16.6 Å². The van der Waals surface area contributed by atoms with Gasteiger partial charge in [-0.1, -0.05) is 20.4 Å². The van der Waals surface area contributed by atoms with E-state index in [1.54, 1.807) is 13.8 Å². The summed E-state index contributed by atoms with van der Waals surface area (Å²) in [5.74, 6) is -1.70. The van der Waals surface area contributed by atoms with Gasteiger partial charge >= 0.3 is 24.0 Å². The first-order chi connectivity index (χ1) is 11.7. The normalized spacial score (nSPS) is 10.4. The van der Waals surface area contributed by atoms with Crippen LogP contribution in [0.2, 0.25) is 0 Å². The second-order valence-corrected chi connectivity index (χ2v) is 5.78. The van der Waals surface area contributed by atoms with E-state index < -0.39 is 29.4 Å². The lowest BCUT2D eigenvalue weighted by Crippen LogP contribution is -2.29. The van der Waals surface area contributed by atoms with E-state index in [1.165, 1.54) is 7.11 Å². The Morgan fingerprint density at radius 1 is 1.00 bits per heavy atom. The van der Waals surface area contributed by atoms with Gasteiger partial charge in [-0.15, -0.1) is 0 Å². The summed E-state index contributed by atoms with van der Waals surface area (Å²) in [6.07, 6.45) is 0.157. The van der Waals surface area contributed by atoms with Crippen LogP contribution in [0.1, 0.15) is 26.7 Å². The van der Waals surface area contributed by atoms with Crippen molar-refractivity contribution >= 4 is 24.0 Å². The van der Waals surface area contributed by atoms with E-state index in [0.29, 0.717) is 0 Å². The molecule has 0 aromatic rings. The Balaban J connectivity index is 3.87. The SMILES string of the molecule is C=CC(=O)OCC(C)(C)COC(=O)CCC(=O)OCCNC(=O)OC. The quantitative estimate of drug-likeness (QED) is 0.251. The molecule has 25 heavy (non-hydrogen) atoms. The first-order valence-electron chi connectivity index (χ1n) is 7.62. The van der Waals surface area contributed by atoms with Crippen LogP contribution in [0.15, 0.2) is 12.7 Å². The molecule has 0 aromatic heterocycles. The van der Waals surface area contributed by atoms with E-state index in [4.69, 9.17) is 14.2 Å². The minimum atomic E-state index is -0.624. The molecule has 0 aliphatic heterocycles. The summed E-state index contributed by atoms with van der Waals surface area (Å²) in [7, 11) is 1.22. The highest BCUT2D eigenvalue weighted by Gasteiger charge is 2.22. The van der Waals surface area contributed by atoms with E-state index in [0.717, 1.165) is 6.08 Å². The summed E-state index contributed by atoms with van der Waals surface area (Å²) >= 11 is 0. The van der Waals surface area contributed by atoms with Crippen molar-refractivity contribution in [3.8, 4) is 0 Å². The van der Waals surface area contributed by atoms with Crippen LogP contribution in [0.5, 0.6) is 0 Å². The molecule has 0 unspecified atom stereocenters. The lowest BCUT2D eigenvalue weighted by Gasteiger charge is -2.23. The van der Waals surface area contributed by atoms with Crippen LogP contribution in [0, 0.1) is 5.41 Å². The Labute approximate surface area is 146 Å². The number of carbonyl (C=O) groups is 4. The molecule has 0 rings (SSSR count). The van der Waals surface area contributed by atoms with Gasteiger partial charge in [-0.25, -0.2) is 9.59 Å². The summed E-state index contributed by atoms with van der Waals surface area (Å²) in [4.78, 5) is 44.8. The molecule has 0 spiro atoms. The van der Waals surface area contributed by atoms with Crippen LogP contribution in [0.25, 0.3) is 0 Å². The summed E-state index contributed by atoms with van der Waals surface area (Å²) in [6, 6.07) is 0. The molecule has 0 saturated heterocycles. The molecule has 0 aromatic carbocycles. The number of rotatable bonds is 11. The van der Waals surface area contributed by atoms with Crippen LogP contribution >= 0.6 is 0 Å². The fourth-order valence-corrected chi connectivity index (χ4v) is 1.38. The molecule has 0 aliphatic rings. The molecule has 0 atom stereocenters. The second-order valence-electron chi connectivity index (χ2n) is 5.78. The molecule has 1 amide bonds. The smallest absolute Gasteiger partial charge is 0.406 e. The Bertz CT molecular complexity index is 487. The molecule has 0 radical (unpaired) electrons. The predicted molar refractivity (Wildman–Crippen MR) is 86.5 cm³/mol. The van der Waals surface area contributed by atoms with Gasteiger partial charge < -0.3 is 24.3 Å². The summed E-state index contributed by atoms with van der Waals surface area (Å²) in [5.41, 5.74) is -0.561. The molecule has 1 N–H and O–H groups in total. The first kappa shape index (κ1) is 22.4. The van der Waals surface area contributed by atoms with E-state index in [1.807, 2.05) is 0 Å². The molecule has 142 valence electrons. The summed E-state index contributed by atoms with van der Waals surface area (Å²) in [5, 5.41) is 2.34. The third-order valence-corrected chi connectivity index (χ3v) is 2.75. The topological polar surface area (TPSA) is 117 Å². The highest BCUT2D eigenvalue weighted by atomic mass is 16.6. The number of hydrogen-bond donors (Lipinski definition) is 1. The molecule has 0 saturated carbocycles. The number of alkyl carbamates (subject to hydrolysis) is 1. The Hall–Kier alpha value is -2.58. The van der Waals surface area contributed by atoms with Gasteiger partial charge in [-0.3, -0.25) is 9.59 Å². The van der Waals surface area contributed by atoms with Crippen molar-refractivity contribution in [2.75, 3.05) is 33.5 Å². The molecular weight excluding hydrogens is 334 g/mol. The molecule has 0 fully saturated rings. The highest BCUT2D eigenvalue weighted by molar-refractivity contribution is 5.81. The van der Waals surface area contributed by atoms with Gasteiger partial charge in [0.1, 0.15) is 6.61 Å². The number of hydrogen-bond acceptors (Lipinski definition) is 8. The van der Waals surface area contributed by atoms with Crippen LogP contribution in [-0.2, 0) is 33.3 Å². The van der Waals surface area contributed by atoms with Crippen molar-refractivity contribution in [1.82, 2.24) is 5.32 Å². The van der Waals surface area contributed by atoms with Crippen LogP contribution < -0.4 is 5.32 Å². The fourth-order valence-electron chi connectivity index (χ4n) is 1.38. The lowest BCUT2D eigenvalue weighted by molar-refractivity contribution is -0.154. The first-order valence-corrected chi connectivity index (χ1v) is 7.62. The number of methoxy groups -OCH3 is 1. The molecule has 9 heteroatoms. The lowest BCUT2D eigenvalue weighted by atomic mass is 9.96. The molecule has 0 heterocycles. The Kier molecular flexibility index (Phi) is 10.7. The zero-order chi connectivity index (χ0) is 19.3. The largest absolute Gasteiger partial charge is 0.465 e. The number of nitrogens with one attached hydrogen (secondary N) is 1. The Morgan fingerprint density at radius 2 is 1.56 bits per heavy atom. The van der Waals surface area contributed by atoms with Gasteiger partial charge in [0.25, 0.3) is 0 Å². The highest BCUT2D eigenvalue weighted by Crippen LogP contribution is 2.16. The maximum absolute atomic E-state index is 11.6. The van der Waals surface area contributed by atoms with Gasteiger partial charge in [-0.2, -0.15) is 0 Å². The monoisotopic (exact) mass is 359 g/mol. The molecular formula is C16H25NO8. The van der Waals surface area contributed by atoms with Crippen LogP contribution in [-0.4, -0.2) is 57.5 Å². The average Bonchev–Trinajstić information content (AvgIpc) is 2.59. The fraction of sp³-hybridized carbons (Fsp3) is 0.625. The second kappa shape index (κ2) is 11.9. The maximum Gasteiger partial charge on any atom is 0.406 e. The van der Waals surface area contributed by atoms with Crippen LogP contribution in [0.4, 0.5) is 4.79 Å². The molecule has 0 bridgehead atoms. The van der Waals surface area contributed by atoms with Crippen molar-refractivity contribution in [2.24, 2.45) is 5.41 Å². The van der Waals surface area contributed by atoms with Crippen LogP contribution in [0.3, 0.4) is 0 Å². The average molecular weight is 359 g/mol. The number of esters is 3. The molecule has 0 aliphatic carbocycles. The minimum Gasteiger partial charge on any atom is -0.465 e. The summed E-state index contributed by atoms with van der Waals surface area (Å²) < 4.78 is 19.1. The molecule has 9 nitrogen and oxygen atoms in total. The standard InChI is InChI=1S/C16H25NO8/c1-5-12(18)24-10-16(2,3)11-25-14(20)7-6-13(19)23-9-8-17-15(21)22-4/h5H,1,6-11H2,2-4H3,(H,17,21). The third kappa shape index (κ3) is 12.5. The van der Waals surface area contributed by atoms with Gasteiger partial charge in [0.2, 0.25) is 0 Å². The van der Waals surface area contributed by atoms with E-state index in [-0.39, 0.29) is 39.2 Å².